The molecule has 0 unspecified atom stereocenters. The summed E-state index contributed by atoms with van der Waals surface area (Å²) in [6.45, 7) is -2.93. The molecule has 0 aliphatic rings. The van der Waals surface area contributed by atoms with Crippen LogP contribution in [0.2, 0.25) is 0 Å². The van der Waals surface area contributed by atoms with Crippen molar-refractivity contribution in [2.45, 2.75) is 17.5 Å². The maximum Gasteiger partial charge on any atom is 1.00 e. The second kappa shape index (κ2) is 9.17. The van der Waals surface area contributed by atoms with Crippen molar-refractivity contribution in [2.75, 3.05) is 14.2 Å². The van der Waals surface area contributed by atoms with Crippen LogP contribution < -0.4 is 38.1 Å². The Labute approximate surface area is 168 Å². The van der Waals surface area contributed by atoms with Crippen LogP contribution in [0.5, 0.6) is 17.2 Å². The minimum Gasteiger partial charge on any atom is -0.493 e. The molecule has 0 fully saturated rings. The van der Waals surface area contributed by atoms with Crippen molar-refractivity contribution in [1.82, 2.24) is 15.0 Å². The smallest absolute Gasteiger partial charge is 0.493 e. The quantitative estimate of drug-likeness (QED) is 0.505. The molecule has 0 saturated heterocycles. The van der Waals surface area contributed by atoms with Gasteiger partial charge in [0.2, 0.25) is 0 Å². The van der Waals surface area contributed by atoms with Crippen molar-refractivity contribution in [2.24, 2.45) is 0 Å². The molecular weight excluding hydrogens is 375 g/mol. The third-order valence-electron chi connectivity index (χ3n) is 3.44. The monoisotopic (exact) mass is 389 g/mol. The zero-order chi connectivity index (χ0) is 18.7. The van der Waals surface area contributed by atoms with E-state index in [1.54, 1.807) is 6.07 Å². The minimum absolute atomic E-state index is 0. The van der Waals surface area contributed by atoms with Gasteiger partial charge < -0.3 is 24.2 Å². The number of aromatic nitrogens is 3. The summed E-state index contributed by atoms with van der Waals surface area (Å²) in [6.07, 6.45) is 1.52. The standard InChI is InChI=1S/C16H14F2N3O4S.Li/c1-23-13-5-6-19-12(14(13)24-2)8-26(22)16-20-10-4-3-9(25-15(17)18)7-11(10)21-16;/h3-7,15H,8H2,1-2H3;/q-1;+1/t26-;/m0./s1. The predicted octanol–water partition coefficient (Wildman–Crippen LogP) is -0.483. The van der Waals surface area contributed by atoms with E-state index in [0.29, 0.717) is 28.2 Å². The molecule has 0 saturated carbocycles. The molecular formula is C16H14F2LiN3O4S. The van der Waals surface area contributed by atoms with Crippen LogP contribution in [0, 0.1) is 0 Å². The third kappa shape index (κ3) is 4.77. The first-order valence-corrected chi connectivity index (χ1v) is 8.67. The first-order valence-electron chi connectivity index (χ1n) is 7.35. The van der Waals surface area contributed by atoms with Crippen LogP contribution >= 0.6 is 0 Å². The van der Waals surface area contributed by atoms with E-state index in [4.69, 9.17) is 9.47 Å². The van der Waals surface area contributed by atoms with Gasteiger partial charge in [0, 0.05) is 17.4 Å². The number of fused-ring (bicyclic) bond motifs is 1. The second-order valence-electron chi connectivity index (χ2n) is 5.02. The molecule has 1 atom stereocenters. The van der Waals surface area contributed by atoms with Crippen LogP contribution in [-0.4, -0.2) is 35.0 Å². The van der Waals surface area contributed by atoms with Crippen molar-refractivity contribution >= 4 is 21.8 Å². The number of halogens is 2. The Kier molecular flexibility index (Phi) is 7.18. The molecule has 27 heavy (non-hydrogen) atoms. The van der Waals surface area contributed by atoms with E-state index in [-0.39, 0.29) is 35.5 Å². The van der Waals surface area contributed by atoms with Crippen LogP contribution in [0.15, 0.2) is 35.6 Å². The summed E-state index contributed by atoms with van der Waals surface area (Å²) in [5.74, 6) is 0.821. The molecule has 7 nitrogen and oxygen atoms in total. The van der Waals surface area contributed by atoms with E-state index >= 15 is 0 Å². The van der Waals surface area contributed by atoms with E-state index in [2.05, 4.69) is 19.7 Å². The van der Waals surface area contributed by atoms with Gasteiger partial charge in [0.1, 0.15) is 5.75 Å². The molecule has 0 radical (unpaired) electrons. The van der Waals surface area contributed by atoms with Gasteiger partial charge in [-0.1, -0.05) is 6.07 Å². The molecule has 0 spiro atoms. The molecule has 3 aromatic rings. The maximum atomic E-state index is 12.6. The summed E-state index contributed by atoms with van der Waals surface area (Å²) in [5, 5.41) is 0.0702. The molecule has 0 aliphatic heterocycles. The van der Waals surface area contributed by atoms with E-state index in [1.165, 1.54) is 38.6 Å². The van der Waals surface area contributed by atoms with E-state index in [9.17, 15) is 13.0 Å². The Morgan fingerprint density at radius 1 is 1.22 bits per heavy atom. The number of benzene rings is 1. The Morgan fingerprint density at radius 2 is 2.00 bits per heavy atom. The zero-order valence-electron chi connectivity index (χ0n) is 14.8. The SMILES string of the molecule is COc1ccnc(C[S@](=O)c2nc3cc(OC(F)F)ccc3[n-]2)c1OC.[Li+]. The zero-order valence-corrected chi connectivity index (χ0v) is 15.6. The number of imidazole rings is 1. The number of rotatable bonds is 7. The van der Waals surface area contributed by atoms with Crippen LogP contribution in [0.3, 0.4) is 0 Å². The normalized spacial score (nSPS) is 11.9. The van der Waals surface area contributed by atoms with Gasteiger partial charge in [-0.2, -0.15) is 8.78 Å². The van der Waals surface area contributed by atoms with E-state index in [1.807, 2.05) is 0 Å². The number of alkyl halides is 2. The Balaban J connectivity index is 0.00000261. The van der Waals surface area contributed by atoms with Gasteiger partial charge in [0.25, 0.3) is 0 Å². The number of pyridine rings is 1. The van der Waals surface area contributed by atoms with Gasteiger partial charge in [-0.25, -0.2) is 0 Å². The largest absolute Gasteiger partial charge is 1.00 e. The van der Waals surface area contributed by atoms with Gasteiger partial charge in [0.05, 0.1) is 36.5 Å². The molecule has 11 heteroatoms. The Hall–Kier alpha value is -2.15. The summed E-state index contributed by atoms with van der Waals surface area (Å²) >= 11 is 0. The molecule has 0 aliphatic carbocycles. The summed E-state index contributed by atoms with van der Waals surface area (Å²) in [7, 11) is 1.34. The Morgan fingerprint density at radius 3 is 2.67 bits per heavy atom. The van der Waals surface area contributed by atoms with Gasteiger partial charge >= 0.3 is 25.5 Å². The fraction of sp³-hybridized carbons (Fsp3) is 0.250. The fourth-order valence-electron chi connectivity index (χ4n) is 2.34. The predicted molar refractivity (Wildman–Crippen MR) is 89.1 cm³/mol. The van der Waals surface area contributed by atoms with Crippen LogP contribution in [0.4, 0.5) is 8.78 Å². The van der Waals surface area contributed by atoms with Crippen molar-refractivity contribution in [1.29, 1.82) is 0 Å². The summed E-state index contributed by atoms with van der Waals surface area (Å²) in [4.78, 5) is 12.5. The molecule has 0 amide bonds. The van der Waals surface area contributed by atoms with Crippen molar-refractivity contribution in [3.05, 3.63) is 36.2 Å². The van der Waals surface area contributed by atoms with Gasteiger partial charge in [-0.15, -0.1) is 0 Å². The van der Waals surface area contributed by atoms with Crippen molar-refractivity contribution < 1.29 is 46.1 Å². The molecule has 3 rings (SSSR count). The first kappa shape index (κ1) is 21.2. The second-order valence-corrected chi connectivity index (χ2v) is 6.36. The molecule has 0 N–H and O–H groups in total. The van der Waals surface area contributed by atoms with Crippen molar-refractivity contribution in [3.63, 3.8) is 0 Å². The maximum absolute atomic E-state index is 12.6. The number of hydrogen-bond acceptors (Lipinski definition) is 6. The molecule has 138 valence electrons. The van der Waals surface area contributed by atoms with Gasteiger partial charge in [-0.05, 0) is 23.2 Å². The molecule has 1 aromatic carbocycles. The number of ether oxygens (including phenoxy) is 3. The van der Waals surface area contributed by atoms with E-state index in [0.717, 1.165) is 0 Å². The van der Waals surface area contributed by atoms with Gasteiger partial charge in [-0.3, -0.25) is 9.19 Å². The van der Waals surface area contributed by atoms with Gasteiger partial charge in [0.15, 0.2) is 11.5 Å². The first-order chi connectivity index (χ1) is 12.5. The number of nitrogens with zero attached hydrogens (tertiary/aromatic N) is 3. The average molecular weight is 389 g/mol. The summed E-state index contributed by atoms with van der Waals surface area (Å²) in [6, 6.07) is 5.77. The third-order valence-corrected chi connectivity index (χ3v) is 4.57. The van der Waals surface area contributed by atoms with Crippen LogP contribution in [0.1, 0.15) is 5.69 Å². The van der Waals surface area contributed by atoms with Crippen LogP contribution in [0.25, 0.3) is 11.0 Å². The Bertz CT molecular complexity index is 955. The van der Waals surface area contributed by atoms with Crippen LogP contribution in [-0.2, 0) is 16.6 Å². The van der Waals surface area contributed by atoms with E-state index < -0.39 is 17.4 Å². The summed E-state index contributed by atoms with van der Waals surface area (Å²) < 4.78 is 52.0. The summed E-state index contributed by atoms with van der Waals surface area (Å²) in [5.41, 5.74) is 1.18. The average Bonchev–Trinajstić information content (AvgIpc) is 3.04. The molecule has 2 aromatic heterocycles. The fourth-order valence-corrected chi connectivity index (χ4v) is 3.32. The molecule has 2 heterocycles. The minimum atomic E-state index is -2.93. The molecule has 0 bridgehead atoms. The topological polar surface area (TPSA) is 84.6 Å². The number of methoxy groups -OCH3 is 2. The number of hydrogen-bond donors (Lipinski definition) is 0. The van der Waals surface area contributed by atoms with Crippen molar-refractivity contribution in [3.8, 4) is 17.2 Å².